The van der Waals surface area contributed by atoms with Crippen LogP contribution in [0.5, 0.6) is 11.5 Å². The second kappa shape index (κ2) is 5.51. The van der Waals surface area contributed by atoms with Crippen molar-refractivity contribution in [2.75, 3.05) is 5.32 Å². The molecule has 0 amide bonds. The molecule has 4 heteroatoms. The molecule has 92 valence electrons. The summed E-state index contributed by atoms with van der Waals surface area (Å²) in [5, 5.41) is 3.11. The predicted molar refractivity (Wildman–Crippen MR) is 78.1 cm³/mol. The van der Waals surface area contributed by atoms with Crippen molar-refractivity contribution in [1.82, 2.24) is 0 Å². The quantitative estimate of drug-likeness (QED) is 0.828. The van der Waals surface area contributed by atoms with Crippen molar-refractivity contribution in [3.8, 4) is 11.5 Å². The molecule has 18 heavy (non-hydrogen) atoms. The first-order valence-electron chi connectivity index (χ1n) is 5.55. The average molecular weight is 258 g/mol. The lowest BCUT2D eigenvalue weighted by Crippen LogP contribution is -2.19. The number of aryl methyl sites for hydroxylation is 1. The van der Waals surface area contributed by atoms with E-state index in [2.05, 4.69) is 5.32 Å². The second-order valence-corrected chi connectivity index (χ2v) is 4.34. The minimum Gasteiger partial charge on any atom is -0.455 e. The molecule has 0 unspecified atom stereocenters. The number of para-hydroxylation sites is 2. The van der Waals surface area contributed by atoms with E-state index in [1.54, 1.807) is 0 Å². The van der Waals surface area contributed by atoms with Crippen LogP contribution in [0.2, 0.25) is 0 Å². The van der Waals surface area contributed by atoms with E-state index >= 15 is 0 Å². The molecule has 2 rings (SSSR count). The van der Waals surface area contributed by atoms with E-state index < -0.39 is 0 Å². The Labute approximate surface area is 112 Å². The lowest BCUT2D eigenvalue weighted by Gasteiger charge is -2.12. The maximum Gasteiger partial charge on any atom is 0.168 e. The van der Waals surface area contributed by atoms with Gasteiger partial charge in [0, 0.05) is 0 Å². The van der Waals surface area contributed by atoms with Crippen LogP contribution in [0.3, 0.4) is 0 Å². The van der Waals surface area contributed by atoms with Crippen LogP contribution in [-0.4, -0.2) is 5.11 Å². The van der Waals surface area contributed by atoms with Gasteiger partial charge in [-0.1, -0.05) is 24.3 Å². The molecule has 3 N–H and O–H groups in total. The van der Waals surface area contributed by atoms with E-state index in [0.29, 0.717) is 5.75 Å². The van der Waals surface area contributed by atoms with Gasteiger partial charge >= 0.3 is 0 Å². The van der Waals surface area contributed by atoms with E-state index in [9.17, 15) is 0 Å². The van der Waals surface area contributed by atoms with Crippen LogP contribution in [0, 0.1) is 6.92 Å². The van der Waals surface area contributed by atoms with Crippen LogP contribution in [0.4, 0.5) is 5.69 Å². The Hall–Kier alpha value is -2.07. The van der Waals surface area contributed by atoms with E-state index in [1.807, 2.05) is 55.5 Å². The van der Waals surface area contributed by atoms with Gasteiger partial charge in [0.1, 0.15) is 5.75 Å². The largest absolute Gasteiger partial charge is 0.455 e. The summed E-state index contributed by atoms with van der Waals surface area (Å²) in [6.45, 7) is 2.02. The van der Waals surface area contributed by atoms with Crippen molar-refractivity contribution in [3.63, 3.8) is 0 Å². The highest BCUT2D eigenvalue weighted by atomic mass is 32.1. The van der Waals surface area contributed by atoms with Gasteiger partial charge in [-0.25, -0.2) is 0 Å². The van der Waals surface area contributed by atoms with Gasteiger partial charge in [-0.3, -0.25) is 0 Å². The first-order chi connectivity index (χ1) is 8.65. The first-order valence-corrected chi connectivity index (χ1v) is 5.96. The summed E-state index contributed by atoms with van der Waals surface area (Å²) in [6.07, 6.45) is 0. The zero-order valence-electron chi connectivity index (χ0n) is 10.0. The van der Waals surface area contributed by atoms with Gasteiger partial charge in [-0.2, -0.15) is 0 Å². The van der Waals surface area contributed by atoms with Crippen molar-refractivity contribution in [2.45, 2.75) is 6.92 Å². The zero-order valence-corrected chi connectivity index (χ0v) is 10.8. The number of rotatable bonds is 3. The summed E-state index contributed by atoms with van der Waals surface area (Å²) < 4.78 is 5.81. The molecule has 0 bridgehead atoms. The highest BCUT2D eigenvalue weighted by Gasteiger charge is 2.04. The third-order valence-corrected chi connectivity index (χ3v) is 2.46. The number of hydrogen-bond donors (Lipinski definition) is 2. The first kappa shape index (κ1) is 12.4. The van der Waals surface area contributed by atoms with Gasteiger partial charge in [0.05, 0.1) is 5.69 Å². The minimum absolute atomic E-state index is 0.218. The topological polar surface area (TPSA) is 47.3 Å². The number of benzene rings is 2. The molecule has 0 fully saturated rings. The van der Waals surface area contributed by atoms with Gasteiger partial charge in [0.2, 0.25) is 0 Å². The molecule has 0 spiro atoms. The Morgan fingerprint density at radius 3 is 2.67 bits per heavy atom. The Morgan fingerprint density at radius 1 is 1.17 bits per heavy atom. The third-order valence-electron chi connectivity index (χ3n) is 2.36. The van der Waals surface area contributed by atoms with E-state index in [4.69, 9.17) is 22.7 Å². The summed E-state index contributed by atoms with van der Waals surface area (Å²) in [4.78, 5) is 0. The third kappa shape index (κ3) is 3.21. The van der Waals surface area contributed by atoms with Crippen molar-refractivity contribution in [3.05, 3.63) is 54.1 Å². The van der Waals surface area contributed by atoms with Crippen LogP contribution >= 0.6 is 12.2 Å². The van der Waals surface area contributed by atoms with Crippen LogP contribution in [0.25, 0.3) is 0 Å². The molecule has 0 radical (unpaired) electrons. The maximum atomic E-state index is 5.81. The fourth-order valence-corrected chi connectivity index (χ4v) is 1.71. The molecular formula is C14H14N2OS. The van der Waals surface area contributed by atoms with Crippen molar-refractivity contribution >= 4 is 23.0 Å². The number of thiocarbonyl (C=S) groups is 1. The van der Waals surface area contributed by atoms with Crippen LogP contribution in [0.1, 0.15) is 5.56 Å². The molecule has 0 atom stereocenters. The number of nitrogens with one attached hydrogen (secondary N) is 1. The van der Waals surface area contributed by atoms with Crippen LogP contribution in [0.15, 0.2) is 48.5 Å². The van der Waals surface area contributed by atoms with Gasteiger partial charge in [0.25, 0.3) is 0 Å². The van der Waals surface area contributed by atoms with E-state index in [-0.39, 0.29) is 5.11 Å². The van der Waals surface area contributed by atoms with E-state index in [0.717, 1.165) is 17.0 Å². The monoisotopic (exact) mass is 258 g/mol. The van der Waals surface area contributed by atoms with Gasteiger partial charge in [-0.05, 0) is 49.0 Å². The number of hydrogen-bond acceptors (Lipinski definition) is 2. The lowest BCUT2D eigenvalue weighted by molar-refractivity contribution is 0.484. The van der Waals surface area contributed by atoms with Crippen molar-refractivity contribution in [2.24, 2.45) is 5.73 Å². The predicted octanol–water partition coefficient (Wildman–Crippen LogP) is 3.44. The molecule has 3 nitrogen and oxygen atoms in total. The van der Waals surface area contributed by atoms with Gasteiger partial charge in [-0.15, -0.1) is 0 Å². The fraction of sp³-hybridized carbons (Fsp3) is 0.0714. The average Bonchev–Trinajstić information content (AvgIpc) is 2.31. The summed E-state index contributed by atoms with van der Waals surface area (Å²) in [5.41, 5.74) is 7.38. The molecule has 0 aliphatic heterocycles. The highest BCUT2D eigenvalue weighted by Crippen LogP contribution is 2.29. The SMILES string of the molecule is Cc1cccc(Oc2ccccc2NC(N)=S)c1. The Bertz CT molecular complexity index is 569. The Balaban J connectivity index is 2.26. The smallest absolute Gasteiger partial charge is 0.168 e. The summed E-state index contributed by atoms with van der Waals surface area (Å²) in [6, 6.07) is 15.4. The molecule has 0 heterocycles. The molecule has 2 aromatic rings. The van der Waals surface area contributed by atoms with Gasteiger partial charge < -0.3 is 15.8 Å². The normalized spacial score (nSPS) is 9.83. The Morgan fingerprint density at radius 2 is 1.94 bits per heavy atom. The molecule has 0 aliphatic carbocycles. The second-order valence-electron chi connectivity index (χ2n) is 3.90. The van der Waals surface area contributed by atoms with Crippen LogP contribution in [-0.2, 0) is 0 Å². The maximum absolute atomic E-state index is 5.81. The molecule has 0 saturated heterocycles. The van der Waals surface area contributed by atoms with Crippen molar-refractivity contribution in [1.29, 1.82) is 0 Å². The minimum atomic E-state index is 0.218. The van der Waals surface area contributed by atoms with E-state index in [1.165, 1.54) is 0 Å². The fourth-order valence-electron chi connectivity index (χ4n) is 1.60. The molecule has 2 aromatic carbocycles. The molecule has 0 saturated carbocycles. The number of anilines is 1. The molecular weight excluding hydrogens is 244 g/mol. The van der Waals surface area contributed by atoms with Gasteiger partial charge in [0.15, 0.2) is 10.9 Å². The van der Waals surface area contributed by atoms with Crippen molar-refractivity contribution < 1.29 is 4.74 Å². The summed E-state index contributed by atoms with van der Waals surface area (Å²) >= 11 is 4.83. The molecule has 0 aromatic heterocycles. The number of ether oxygens (including phenoxy) is 1. The summed E-state index contributed by atoms with van der Waals surface area (Å²) in [5.74, 6) is 1.48. The number of nitrogens with two attached hydrogens (primary N) is 1. The van der Waals surface area contributed by atoms with Crippen LogP contribution < -0.4 is 15.8 Å². The zero-order chi connectivity index (χ0) is 13.0. The Kier molecular flexibility index (Phi) is 3.79. The summed E-state index contributed by atoms with van der Waals surface area (Å²) in [7, 11) is 0. The molecule has 0 aliphatic rings. The lowest BCUT2D eigenvalue weighted by atomic mass is 10.2. The highest BCUT2D eigenvalue weighted by molar-refractivity contribution is 7.80. The standard InChI is InChI=1S/C14H14N2OS/c1-10-5-4-6-11(9-10)17-13-8-3-2-7-12(13)16-14(15)18/h2-9H,1H3,(H3,15,16,18).